The summed E-state index contributed by atoms with van der Waals surface area (Å²) >= 11 is 0. The Morgan fingerprint density at radius 2 is 1.42 bits per heavy atom. The Balaban J connectivity index is 1.37. The molecule has 1 heterocycles. The Morgan fingerprint density at radius 3 is 2.20 bits per heavy atom. The maximum Gasteiger partial charge on any atom is 0.146 e. The van der Waals surface area contributed by atoms with Gasteiger partial charge in [-0.25, -0.2) is 0 Å². The molecule has 1 N–H and O–H groups in total. The van der Waals surface area contributed by atoms with Crippen LogP contribution in [-0.2, 0) is 0 Å². The third-order valence-corrected chi connectivity index (χ3v) is 10.4. The average molecular weight is 713 g/mol. The SMILES string of the molecule is C=C/C=C\C(=C(/C)c1ccccc1C)c1cc(/C(=N/C(c2ccccc2)c2ccc3ccc(-c4ccccc4)cc3c2)NCC)c2oc3ccccc3c2c1. The number of rotatable bonds is 10. The molecule has 0 bridgehead atoms. The first kappa shape index (κ1) is 35.3. The Labute approximate surface area is 323 Å². The van der Waals surface area contributed by atoms with E-state index in [1.54, 1.807) is 0 Å². The van der Waals surface area contributed by atoms with E-state index in [1.165, 1.54) is 38.6 Å². The number of aliphatic imine (C=N–C) groups is 1. The van der Waals surface area contributed by atoms with Gasteiger partial charge in [-0.2, -0.15) is 0 Å². The number of nitrogens with zero attached hydrogens (tertiary/aromatic N) is 1. The molecular weight excluding hydrogens is 669 g/mol. The fraction of sp³-hybridized carbons (Fsp3) is 0.0962. The van der Waals surface area contributed by atoms with Crippen LogP contribution in [0.25, 0.3) is 55.0 Å². The van der Waals surface area contributed by atoms with Crippen molar-refractivity contribution in [3.63, 3.8) is 0 Å². The number of para-hydroxylation sites is 1. The van der Waals surface area contributed by atoms with Gasteiger partial charge in [0, 0.05) is 17.3 Å². The minimum Gasteiger partial charge on any atom is -0.455 e. The molecule has 0 aliphatic rings. The van der Waals surface area contributed by atoms with E-state index in [0.717, 1.165) is 55.6 Å². The number of hydrogen-bond acceptors (Lipinski definition) is 2. The van der Waals surface area contributed by atoms with Crippen LogP contribution in [-0.4, -0.2) is 12.4 Å². The molecule has 7 aromatic carbocycles. The number of furan rings is 1. The van der Waals surface area contributed by atoms with Crippen LogP contribution in [0.1, 0.15) is 53.3 Å². The number of amidine groups is 1. The molecule has 0 saturated heterocycles. The Kier molecular flexibility index (Phi) is 10.1. The van der Waals surface area contributed by atoms with Crippen LogP contribution in [0.5, 0.6) is 0 Å². The third-order valence-electron chi connectivity index (χ3n) is 10.4. The molecule has 0 aliphatic carbocycles. The van der Waals surface area contributed by atoms with Crippen molar-refractivity contribution < 1.29 is 4.42 Å². The van der Waals surface area contributed by atoms with E-state index >= 15 is 0 Å². The van der Waals surface area contributed by atoms with Crippen LogP contribution in [0.4, 0.5) is 0 Å². The molecule has 1 atom stereocenters. The van der Waals surface area contributed by atoms with E-state index in [4.69, 9.17) is 9.41 Å². The zero-order valence-electron chi connectivity index (χ0n) is 31.6. The number of benzene rings is 7. The molecule has 8 rings (SSSR count). The quantitative estimate of drug-likeness (QED) is 0.0663. The van der Waals surface area contributed by atoms with Crippen molar-refractivity contribution in [2.24, 2.45) is 4.99 Å². The van der Waals surface area contributed by atoms with Crippen LogP contribution in [0.3, 0.4) is 0 Å². The van der Waals surface area contributed by atoms with E-state index in [1.807, 2.05) is 24.3 Å². The molecule has 3 heteroatoms. The van der Waals surface area contributed by atoms with E-state index in [2.05, 4.69) is 184 Å². The monoisotopic (exact) mass is 712 g/mol. The lowest BCUT2D eigenvalue weighted by Crippen LogP contribution is -2.25. The first-order chi connectivity index (χ1) is 27.0. The zero-order valence-corrected chi connectivity index (χ0v) is 31.6. The van der Waals surface area contributed by atoms with Gasteiger partial charge in [-0.3, -0.25) is 4.99 Å². The van der Waals surface area contributed by atoms with Gasteiger partial charge < -0.3 is 9.73 Å². The molecule has 0 aliphatic heterocycles. The van der Waals surface area contributed by atoms with Gasteiger partial charge in [0.25, 0.3) is 0 Å². The third kappa shape index (κ3) is 7.17. The average Bonchev–Trinajstić information content (AvgIpc) is 3.61. The molecule has 1 unspecified atom stereocenters. The minimum atomic E-state index is -0.285. The number of nitrogens with one attached hydrogen (secondary N) is 1. The molecular formula is C52H44N2O. The first-order valence-electron chi connectivity index (χ1n) is 19.0. The molecule has 1 aromatic heterocycles. The van der Waals surface area contributed by atoms with Gasteiger partial charge in [-0.15, -0.1) is 0 Å². The van der Waals surface area contributed by atoms with E-state index in [9.17, 15) is 0 Å². The van der Waals surface area contributed by atoms with Gasteiger partial charge in [0.15, 0.2) is 0 Å². The first-order valence-corrected chi connectivity index (χ1v) is 19.0. The molecule has 0 fully saturated rings. The number of fused-ring (bicyclic) bond motifs is 4. The lowest BCUT2D eigenvalue weighted by atomic mass is 9.90. The fourth-order valence-electron chi connectivity index (χ4n) is 7.63. The van der Waals surface area contributed by atoms with Crippen molar-refractivity contribution in [1.29, 1.82) is 0 Å². The molecule has 55 heavy (non-hydrogen) atoms. The van der Waals surface area contributed by atoms with Crippen LogP contribution < -0.4 is 5.32 Å². The van der Waals surface area contributed by atoms with Crippen molar-refractivity contribution in [3.8, 4) is 11.1 Å². The summed E-state index contributed by atoms with van der Waals surface area (Å²) in [4.78, 5) is 5.66. The summed E-state index contributed by atoms with van der Waals surface area (Å²) in [5.74, 6) is 0.779. The Morgan fingerprint density at radius 1 is 0.691 bits per heavy atom. The summed E-state index contributed by atoms with van der Waals surface area (Å²) in [6.45, 7) is 11.2. The second-order valence-electron chi connectivity index (χ2n) is 14.0. The smallest absolute Gasteiger partial charge is 0.146 e. The van der Waals surface area contributed by atoms with Gasteiger partial charge in [-0.1, -0.05) is 152 Å². The van der Waals surface area contributed by atoms with Crippen molar-refractivity contribution in [1.82, 2.24) is 5.32 Å². The van der Waals surface area contributed by atoms with E-state index < -0.39 is 0 Å². The molecule has 268 valence electrons. The molecule has 3 nitrogen and oxygen atoms in total. The zero-order chi connectivity index (χ0) is 37.7. The molecule has 0 saturated carbocycles. The van der Waals surface area contributed by atoms with Crippen LogP contribution in [0, 0.1) is 6.92 Å². The predicted molar refractivity (Wildman–Crippen MR) is 235 cm³/mol. The van der Waals surface area contributed by atoms with E-state index in [-0.39, 0.29) is 6.04 Å². The summed E-state index contributed by atoms with van der Waals surface area (Å²) in [5, 5.41) is 8.18. The van der Waals surface area contributed by atoms with Gasteiger partial charge in [0.1, 0.15) is 23.0 Å². The van der Waals surface area contributed by atoms with Crippen LogP contribution >= 0.6 is 0 Å². The lowest BCUT2D eigenvalue weighted by Gasteiger charge is -2.19. The normalized spacial score (nSPS) is 13.0. The minimum absolute atomic E-state index is 0.285. The van der Waals surface area contributed by atoms with Crippen molar-refractivity contribution >= 4 is 49.7 Å². The second kappa shape index (κ2) is 15.7. The number of aryl methyl sites for hydroxylation is 1. The summed E-state index contributed by atoms with van der Waals surface area (Å²) in [7, 11) is 0. The lowest BCUT2D eigenvalue weighted by molar-refractivity contribution is 0.667. The number of hydrogen-bond donors (Lipinski definition) is 1. The van der Waals surface area contributed by atoms with Gasteiger partial charge >= 0.3 is 0 Å². The standard InChI is InChI=1S/C52H44N2O/c1-5-7-23-45(36(4)44-24-15-14-18-35(44)3)43-33-47-46-25-16-17-26-49(46)55-51(47)48(34-43)52(53-6-2)54-50(39-21-12-9-13-22-39)41-30-28-38-27-29-40(31-42(38)32-41)37-19-10-8-11-20-37/h5,7-34,50H,1,6H2,2-4H3,(H,53,54)/b23-7-,45-36-. The van der Waals surface area contributed by atoms with Gasteiger partial charge in [0.2, 0.25) is 0 Å². The summed E-state index contributed by atoms with van der Waals surface area (Å²) < 4.78 is 6.73. The summed E-state index contributed by atoms with van der Waals surface area (Å²) in [6, 6.07) is 55.6. The van der Waals surface area contributed by atoms with Crippen molar-refractivity contribution in [3.05, 3.63) is 216 Å². The topological polar surface area (TPSA) is 37.5 Å². The van der Waals surface area contributed by atoms with E-state index in [0.29, 0.717) is 6.54 Å². The highest BCUT2D eigenvalue weighted by Gasteiger charge is 2.22. The van der Waals surface area contributed by atoms with Gasteiger partial charge in [0.05, 0.1) is 5.56 Å². The summed E-state index contributed by atoms with van der Waals surface area (Å²) in [5.41, 5.74) is 13.0. The highest BCUT2D eigenvalue weighted by atomic mass is 16.3. The Hall–Kier alpha value is -6.71. The predicted octanol–water partition coefficient (Wildman–Crippen LogP) is 13.5. The molecule has 0 radical (unpaired) electrons. The Bertz CT molecular complexity index is 2750. The number of allylic oxidation sites excluding steroid dienone is 5. The highest BCUT2D eigenvalue weighted by molar-refractivity contribution is 6.16. The van der Waals surface area contributed by atoms with Crippen molar-refractivity contribution in [2.75, 3.05) is 6.54 Å². The summed E-state index contributed by atoms with van der Waals surface area (Å²) in [6.07, 6.45) is 6.01. The van der Waals surface area contributed by atoms with Crippen molar-refractivity contribution in [2.45, 2.75) is 26.8 Å². The second-order valence-corrected chi connectivity index (χ2v) is 14.0. The molecule has 8 aromatic rings. The highest BCUT2D eigenvalue weighted by Crippen LogP contribution is 2.38. The molecule has 0 amide bonds. The van der Waals surface area contributed by atoms with Crippen LogP contribution in [0.15, 0.2) is 192 Å². The van der Waals surface area contributed by atoms with Gasteiger partial charge in [-0.05, 0) is 112 Å². The maximum absolute atomic E-state index is 6.73. The van der Waals surface area contributed by atoms with Crippen LogP contribution in [0.2, 0.25) is 0 Å². The molecule has 0 spiro atoms. The largest absolute Gasteiger partial charge is 0.455 e. The maximum atomic E-state index is 6.73. The fourth-order valence-corrected chi connectivity index (χ4v) is 7.63.